The molecule has 1 heterocycles. The number of aliphatic hydroxyl groups is 5. The van der Waals surface area contributed by atoms with Gasteiger partial charge in [0.2, 0.25) is 0 Å². The van der Waals surface area contributed by atoms with E-state index in [0.717, 1.165) is 0 Å². The first-order chi connectivity index (χ1) is 5.57. The highest BCUT2D eigenvalue weighted by Crippen LogP contribution is 2.18. The van der Waals surface area contributed by atoms with E-state index in [-0.39, 0.29) is 60.2 Å². The molecule has 0 radical (unpaired) electrons. The number of aliphatic hydroxyl groups excluding tert-OH is 5. The number of hydrogen-bond acceptors (Lipinski definition) is 6. The van der Waals surface area contributed by atoms with Crippen molar-refractivity contribution in [2.24, 2.45) is 0 Å². The zero-order valence-corrected chi connectivity index (χ0v) is 11.7. The van der Waals surface area contributed by atoms with Crippen molar-refractivity contribution in [3.05, 3.63) is 0 Å². The molecule has 160 valence electrons. The van der Waals surface area contributed by atoms with Crippen molar-refractivity contribution in [1.82, 2.24) is 0 Å². The Kier molecular flexibility index (Phi) is 114. The first-order valence-electron chi connectivity index (χ1n) is 3.56. The Morgan fingerprint density at radius 1 is 0.522 bits per heavy atom. The third-order valence-electron chi connectivity index (χ3n) is 1.87. The molecule has 0 unspecified atom stereocenters. The molecule has 1 aliphatic heterocycles. The van der Waals surface area contributed by atoms with Gasteiger partial charge in [-0.15, -0.1) is 0 Å². The zero-order chi connectivity index (χ0) is 9.30. The average molecular weight is 378 g/mol. The normalized spacial score (nSPS) is 25.7. The second-order valence-corrected chi connectivity index (χ2v) is 2.72. The van der Waals surface area contributed by atoms with Crippen molar-refractivity contribution in [3.8, 4) is 0 Å². The van der Waals surface area contributed by atoms with Crippen LogP contribution in [0.1, 0.15) is 0 Å². The van der Waals surface area contributed by atoms with Crippen LogP contribution in [0.25, 0.3) is 0 Å². The predicted octanol–water partition coefficient (Wildman–Crippen LogP) is -12.3. The second kappa shape index (κ2) is 33.1. The molecule has 5 atom stereocenters. The largest absolute Gasteiger partial charge is 0.412 e. The molecule has 0 aromatic heterocycles. The second-order valence-electron chi connectivity index (χ2n) is 2.72. The lowest BCUT2D eigenvalue weighted by Gasteiger charge is -2.37. The fourth-order valence-electron chi connectivity index (χ4n) is 1.08. The van der Waals surface area contributed by atoms with Crippen LogP contribution in [0.2, 0.25) is 0 Å². The summed E-state index contributed by atoms with van der Waals surface area (Å²) in [6.45, 7) is -0.526. The van der Waals surface area contributed by atoms with Gasteiger partial charge in [0.25, 0.3) is 0 Å². The average Bonchev–Trinajstić information content (AvgIpc) is 2.08. The number of rotatable bonds is 1. The summed E-state index contributed by atoms with van der Waals surface area (Å²) in [5.41, 5.74) is 0. The molecule has 27 N–H and O–H groups in total. The third-order valence-corrected chi connectivity index (χ3v) is 1.87. The maximum atomic E-state index is 9.12. The topological polar surface area (TPSA) is 457 Å². The monoisotopic (exact) mass is 378 g/mol. The van der Waals surface area contributed by atoms with Crippen LogP contribution >= 0.6 is 0 Å². The van der Waals surface area contributed by atoms with Gasteiger partial charge in [0.1, 0.15) is 24.4 Å². The van der Waals surface area contributed by atoms with Gasteiger partial charge in [-0.25, -0.2) is 0 Å². The summed E-state index contributed by atoms with van der Waals surface area (Å²) in [6.07, 6.45) is -7.04. The summed E-state index contributed by atoms with van der Waals surface area (Å²) in [4.78, 5) is 0. The molecule has 23 heavy (non-hydrogen) atoms. The summed E-state index contributed by atoms with van der Waals surface area (Å²) in [5.74, 6) is 0. The lowest BCUT2D eigenvalue weighted by molar-refractivity contribution is -0.286. The van der Waals surface area contributed by atoms with Crippen molar-refractivity contribution < 1.29 is 90.5 Å². The minimum atomic E-state index is -1.57. The Balaban J connectivity index is -0.0000000145. The van der Waals surface area contributed by atoms with E-state index in [1.165, 1.54) is 0 Å². The van der Waals surface area contributed by atoms with Gasteiger partial charge in [-0.3, -0.25) is 0 Å². The van der Waals surface area contributed by atoms with Gasteiger partial charge in [0.15, 0.2) is 6.29 Å². The van der Waals surface area contributed by atoms with Crippen LogP contribution in [-0.2, 0) is 4.74 Å². The Hall–Kier alpha value is -0.680. The highest BCUT2D eigenvalue weighted by molar-refractivity contribution is 4.87. The third kappa shape index (κ3) is 17.5. The molecule has 0 aromatic rings. The first kappa shape index (κ1) is 79.2. The summed E-state index contributed by atoms with van der Waals surface area (Å²) >= 11 is 0. The predicted molar refractivity (Wildman–Crippen MR) is 75.7 cm³/mol. The number of ether oxygens (including phenoxy) is 1. The van der Waals surface area contributed by atoms with E-state index in [9.17, 15) is 0 Å². The molecule has 0 amide bonds. The van der Waals surface area contributed by atoms with Crippen molar-refractivity contribution in [2.75, 3.05) is 6.61 Å². The maximum absolute atomic E-state index is 9.12. The van der Waals surface area contributed by atoms with Crippen LogP contribution in [0.4, 0.5) is 0 Å². The Labute approximate surface area is 129 Å². The Bertz CT molecular complexity index is 153. The summed E-state index contributed by atoms with van der Waals surface area (Å²) in [5, 5.41) is 44.7. The molecule has 17 nitrogen and oxygen atoms in total. The van der Waals surface area contributed by atoms with E-state index < -0.39 is 37.3 Å². The molecular weight excluding hydrogens is 344 g/mol. The Morgan fingerprint density at radius 3 is 1.09 bits per heavy atom. The molecule has 1 saturated heterocycles. The van der Waals surface area contributed by atoms with E-state index in [4.69, 9.17) is 25.5 Å². The highest BCUT2D eigenvalue weighted by Gasteiger charge is 2.42. The van der Waals surface area contributed by atoms with Crippen LogP contribution in [0, 0.1) is 0 Å². The van der Waals surface area contributed by atoms with E-state index in [0.29, 0.717) is 0 Å². The molecule has 1 rings (SSSR count). The molecule has 0 spiro atoms. The maximum Gasteiger partial charge on any atom is 0.184 e. The van der Waals surface area contributed by atoms with E-state index in [2.05, 4.69) is 4.74 Å². The van der Waals surface area contributed by atoms with Gasteiger partial charge in [0, 0.05) is 0 Å². The lowest BCUT2D eigenvalue weighted by Crippen LogP contribution is -2.58. The first-order valence-corrected chi connectivity index (χ1v) is 3.56. The molecule has 17 heteroatoms. The molecule has 0 aromatic carbocycles. The van der Waals surface area contributed by atoms with Crippen LogP contribution < -0.4 is 0 Å². The zero-order valence-electron chi connectivity index (χ0n) is 11.7. The van der Waals surface area contributed by atoms with Gasteiger partial charge in [0.05, 0.1) is 6.61 Å². The fourth-order valence-corrected chi connectivity index (χ4v) is 1.08. The Morgan fingerprint density at radius 2 is 0.826 bits per heavy atom. The van der Waals surface area contributed by atoms with E-state index in [1.54, 1.807) is 0 Å². The minimum absolute atomic E-state index is 0. The van der Waals surface area contributed by atoms with Gasteiger partial charge in [-0.2, -0.15) is 0 Å². The van der Waals surface area contributed by atoms with Gasteiger partial charge in [-0.05, 0) is 0 Å². The number of hydrogen-bond donors (Lipinski definition) is 5. The van der Waals surface area contributed by atoms with Crippen molar-refractivity contribution in [2.45, 2.75) is 30.7 Å². The quantitative estimate of drug-likeness (QED) is 0.294. The fraction of sp³-hybridized carbons (Fsp3) is 1.00. The van der Waals surface area contributed by atoms with Crippen molar-refractivity contribution in [1.29, 1.82) is 0 Å². The SMILES string of the molecule is O.O.O.O.O.O.O.O.O.O.O.OC[C@H]1O[C@H](O)[C@H](O)[C@@H](O)[C@@H]1O. The van der Waals surface area contributed by atoms with Crippen LogP contribution in [-0.4, -0.2) is 123 Å². The van der Waals surface area contributed by atoms with E-state index >= 15 is 0 Å². The lowest BCUT2D eigenvalue weighted by atomic mass is 10.00. The molecule has 1 aliphatic rings. The van der Waals surface area contributed by atoms with Crippen molar-refractivity contribution >= 4 is 0 Å². The van der Waals surface area contributed by atoms with E-state index in [1.807, 2.05) is 0 Å². The smallest absolute Gasteiger partial charge is 0.184 e. The standard InChI is InChI=1S/C6H12O6.11H2O/c7-1-2-3(8)4(9)5(10)6(11)12-2;;;;;;;;;;;/h2-11H,1H2;11*1H2/t2-,3-,4+,5-,6+;;;;;;;;;;;/m1.........../s1. The van der Waals surface area contributed by atoms with Gasteiger partial charge in [-0.1, -0.05) is 0 Å². The van der Waals surface area contributed by atoms with Crippen molar-refractivity contribution in [3.63, 3.8) is 0 Å². The minimum Gasteiger partial charge on any atom is -0.412 e. The summed E-state index contributed by atoms with van der Waals surface area (Å²) in [7, 11) is 0. The molecule has 0 saturated carbocycles. The molecular formula is C6H34O17. The highest BCUT2D eigenvalue weighted by atomic mass is 16.6. The summed E-state index contributed by atoms with van der Waals surface area (Å²) < 4.78 is 4.58. The van der Waals surface area contributed by atoms with Crippen LogP contribution in [0.5, 0.6) is 0 Å². The summed E-state index contributed by atoms with van der Waals surface area (Å²) in [6, 6.07) is 0. The van der Waals surface area contributed by atoms with Gasteiger partial charge < -0.3 is 90.5 Å². The van der Waals surface area contributed by atoms with Gasteiger partial charge >= 0.3 is 0 Å². The van der Waals surface area contributed by atoms with Crippen LogP contribution in [0.3, 0.4) is 0 Å². The van der Waals surface area contributed by atoms with Crippen LogP contribution in [0.15, 0.2) is 0 Å². The molecule has 1 fully saturated rings. The molecule has 0 bridgehead atoms. The molecule has 0 aliphatic carbocycles.